The van der Waals surface area contributed by atoms with Crippen molar-refractivity contribution in [3.05, 3.63) is 0 Å². The van der Waals surface area contributed by atoms with E-state index in [-0.39, 0.29) is 0 Å². The van der Waals surface area contributed by atoms with Gasteiger partial charge in [-0.3, -0.25) is 9.69 Å². The van der Waals surface area contributed by atoms with Gasteiger partial charge in [-0.2, -0.15) is 0 Å². The maximum Gasteiger partial charge on any atom is 0.313 e. The van der Waals surface area contributed by atoms with Crippen LogP contribution in [-0.2, 0) is 9.53 Å². The second kappa shape index (κ2) is 4.10. The zero-order valence-electron chi connectivity index (χ0n) is 9.24. The number of hydrogen-bond donors (Lipinski definition) is 1. The van der Waals surface area contributed by atoms with E-state index in [0.29, 0.717) is 32.2 Å². The molecular weight excluding hydrogens is 194 g/mol. The number of nitrogens with zero attached hydrogens (tertiary/aromatic N) is 1. The molecular formula is C11H19NO3. The van der Waals surface area contributed by atoms with Crippen molar-refractivity contribution in [3.63, 3.8) is 0 Å². The molecule has 0 aromatic heterocycles. The van der Waals surface area contributed by atoms with E-state index in [2.05, 4.69) is 11.8 Å². The summed E-state index contributed by atoms with van der Waals surface area (Å²) in [6.45, 7) is 4.85. The van der Waals surface area contributed by atoms with Gasteiger partial charge in [0.15, 0.2) is 0 Å². The summed E-state index contributed by atoms with van der Waals surface area (Å²) >= 11 is 0. The predicted molar refractivity (Wildman–Crippen MR) is 55.8 cm³/mol. The summed E-state index contributed by atoms with van der Waals surface area (Å²) in [4.78, 5) is 13.6. The molecule has 2 aliphatic rings. The highest BCUT2D eigenvalue weighted by molar-refractivity contribution is 5.75. The van der Waals surface area contributed by atoms with Gasteiger partial charge >= 0.3 is 5.97 Å². The molecule has 2 rings (SSSR count). The second-order valence-electron chi connectivity index (χ2n) is 4.85. The topological polar surface area (TPSA) is 49.8 Å². The van der Waals surface area contributed by atoms with E-state index >= 15 is 0 Å². The third kappa shape index (κ3) is 2.01. The number of likely N-dealkylation sites (tertiary alicyclic amines) is 1. The Morgan fingerprint density at radius 1 is 1.67 bits per heavy atom. The molecule has 15 heavy (non-hydrogen) atoms. The number of carboxylic acids is 1. The lowest BCUT2D eigenvalue weighted by Crippen LogP contribution is -2.44. The third-order valence-electron chi connectivity index (χ3n) is 3.75. The molecule has 2 unspecified atom stereocenters. The van der Waals surface area contributed by atoms with Crippen LogP contribution in [0.15, 0.2) is 0 Å². The lowest BCUT2D eigenvalue weighted by molar-refractivity contribution is -0.150. The van der Waals surface area contributed by atoms with E-state index < -0.39 is 11.4 Å². The minimum Gasteiger partial charge on any atom is -0.481 e. The Kier molecular flexibility index (Phi) is 2.98. The van der Waals surface area contributed by atoms with Crippen molar-refractivity contribution >= 4 is 5.97 Å². The highest BCUT2D eigenvalue weighted by Crippen LogP contribution is 2.32. The van der Waals surface area contributed by atoms with Gasteiger partial charge in [-0.25, -0.2) is 0 Å². The van der Waals surface area contributed by atoms with Crippen LogP contribution in [0.1, 0.15) is 26.2 Å². The SMILES string of the molecule is CC1CCCN1CC1(C(=O)O)CCOC1. The molecule has 4 heteroatoms. The van der Waals surface area contributed by atoms with Crippen molar-refractivity contribution in [1.82, 2.24) is 4.90 Å². The molecule has 0 saturated carbocycles. The molecule has 0 spiro atoms. The second-order valence-corrected chi connectivity index (χ2v) is 4.85. The summed E-state index contributed by atoms with van der Waals surface area (Å²) in [6.07, 6.45) is 3.04. The van der Waals surface area contributed by atoms with Gasteiger partial charge in [0.05, 0.1) is 6.61 Å². The van der Waals surface area contributed by atoms with Gasteiger partial charge in [-0.1, -0.05) is 0 Å². The standard InChI is InChI=1S/C11H19NO3/c1-9-3-2-5-12(9)7-11(10(13)14)4-6-15-8-11/h9H,2-8H2,1H3,(H,13,14). The molecule has 0 aromatic carbocycles. The van der Waals surface area contributed by atoms with E-state index in [1.807, 2.05) is 0 Å². The molecule has 0 radical (unpaired) electrons. The molecule has 2 saturated heterocycles. The molecule has 2 heterocycles. The van der Waals surface area contributed by atoms with E-state index in [9.17, 15) is 9.90 Å². The molecule has 4 nitrogen and oxygen atoms in total. The van der Waals surface area contributed by atoms with E-state index in [4.69, 9.17) is 4.74 Å². The van der Waals surface area contributed by atoms with Crippen LogP contribution in [0.4, 0.5) is 0 Å². The Bertz CT molecular complexity index is 248. The van der Waals surface area contributed by atoms with Gasteiger partial charge in [0, 0.05) is 19.2 Å². The zero-order valence-corrected chi connectivity index (χ0v) is 9.24. The fourth-order valence-corrected chi connectivity index (χ4v) is 2.58. The Balaban J connectivity index is 2.03. The highest BCUT2D eigenvalue weighted by Gasteiger charge is 2.44. The van der Waals surface area contributed by atoms with Gasteiger partial charge in [0.2, 0.25) is 0 Å². The van der Waals surface area contributed by atoms with Crippen LogP contribution in [-0.4, -0.2) is 48.3 Å². The lowest BCUT2D eigenvalue weighted by Gasteiger charge is -2.30. The molecule has 1 N–H and O–H groups in total. The first kappa shape index (κ1) is 10.9. The van der Waals surface area contributed by atoms with Gasteiger partial charge < -0.3 is 9.84 Å². The highest BCUT2D eigenvalue weighted by atomic mass is 16.5. The summed E-state index contributed by atoms with van der Waals surface area (Å²) in [6, 6.07) is 0.529. The van der Waals surface area contributed by atoms with Crippen LogP contribution in [0.3, 0.4) is 0 Å². The molecule has 0 amide bonds. The summed E-state index contributed by atoms with van der Waals surface area (Å²) in [5.41, 5.74) is -0.640. The summed E-state index contributed by atoms with van der Waals surface area (Å²) < 4.78 is 5.26. The average Bonchev–Trinajstić information content (AvgIpc) is 2.78. The number of aliphatic carboxylic acids is 1. The van der Waals surface area contributed by atoms with Gasteiger partial charge in [-0.05, 0) is 32.7 Å². The van der Waals surface area contributed by atoms with Crippen LogP contribution < -0.4 is 0 Å². The van der Waals surface area contributed by atoms with E-state index in [1.165, 1.54) is 12.8 Å². The smallest absolute Gasteiger partial charge is 0.313 e. The number of hydrogen-bond acceptors (Lipinski definition) is 3. The van der Waals surface area contributed by atoms with E-state index in [0.717, 1.165) is 6.54 Å². The first-order valence-electron chi connectivity index (χ1n) is 5.69. The Labute approximate surface area is 90.2 Å². The summed E-state index contributed by atoms with van der Waals surface area (Å²) in [5, 5.41) is 9.30. The fourth-order valence-electron chi connectivity index (χ4n) is 2.58. The quantitative estimate of drug-likeness (QED) is 0.758. The molecule has 86 valence electrons. The Hall–Kier alpha value is -0.610. The zero-order chi connectivity index (χ0) is 10.9. The van der Waals surface area contributed by atoms with E-state index in [1.54, 1.807) is 0 Å². The van der Waals surface area contributed by atoms with Crippen LogP contribution in [0.2, 0.25) is 0 Å². The molecule has 2 atom stereocenters. The largest absolute Gasteiger partial charge is 0.481 e. The van der Waals surface area contributed by atoms with Crippen LogP contribution in [0.5, 0.6) is 0 Å². The monoisotopic (exact) mass is 213 g/mol. The minimum absolute atomic E-state index is 0.381. The first-order chi connectivity index (χ1) is 7.14. The third-order valence-corrected chi connectivity index (χ3v) is 3.75. The average molecular weight is 213 g/mol. The molecule has 0 aromatic rings. The van der Waals surface area contributed by atoms with Crippen LogP contribution in [0.25, 0.3) is 0 Å². The molecule has 0 bridgehead atoms. The predicted octanol–water partition coefficient (Wildman–Crippen LogP) is 0.962. The van der Waals surface area contributed by atoms with Crippen molar-refractivity contribution < 1.29 is 14.6 Å². The van der Waals surface area contributed by atoms with Gasteiger partial charge in [0.1, 0.15) is 5.41 Å². The minimum atomic E-state index is -0.695. The Morgan fingerprint density at radius 3 is 2.93 bits per heavy atom. The normalized spacial score (nSPS) is 37.3. The van der Waals surface area contributed by atoms with Crippen molar-refractivity contribution in [3.8, 4) is 0 Å². The van der Waals surface area contributed by atoms with Crippen LogP contribution in [0, 0.1) is 5.41 Å². The molecule has 2 fully saturated rings. The summed E-state index contributed by atoms with van der Waals surface area (Å²) in [7, 11) is 0. The van der Waals surface area contributed by atoms with Crippen molar-refractivity contribution in [2.45, 2.75) is 32.2 Å². The maximum atomic E-state index is 11.3. The van der Waals surface area contributed by atoms with Gasteiger partial charge in [-0.15, -0.1) is 0 Å². The van der Waals surface area contributed by atoms with Crippen molar-refractivity contribution in [1.29, 1.82) is 0 Å². The van der Waals surface area contributed by atoms with Crippen molar-refractivity contribution in [2.24, 2.45) is 5.41 Å². The number of rotatable bonds is 3. The lowest BCUT2D eigenvalue weighted by atomic mass is 9.86. The number of ether oxygens (including phenoxy) is 1. The summed E-state index contributed by atoms with van der Waals surface area (Å²) in [5.74, 6) is -0.695. The number of carbonyl (C=O) groups is 1. The molecule has 2 aliphatic heterocycles. The molecule has 0 aliphatic carbocycles. The van der Waals surface area contributed by atoms with Gasteiger partial charge in [0.25, 0.3) is 0 Å². The van der Waals surface area contributed by atoms with Crippen molar-refractivity contribution in [2.75, 3.05) is 26.3 Å². The fraction of sp³-hybridized carbons (Fsp3) is 0.909. The maximum absolute atomic E-state index is 11.3. The number of carboxylic acid groups (broad SMARTS) is 1. The van der Waals surface area contributed by atoms with Crippen LogP contribution >= 0.6 is 0 Å². The Morgan fingerprint density at radius 2 is 2.47 bits per heavy atom. The first-order valence-corrected chi connectivity index (χ1v) is 5.69.